The number of aromatic nitrogens is 3. The highest BCUT2D eigenvalue weighted by Crippen LogP contribution is 2.40. The van der Waals surface area contributed by atoms with Crippen LogP contribution in [0.3, 0.4) is 0 Å². The average Bonchev–Trinajstić information content (AvgIpc) is 3.36. The molecule has 0 N–H and O–H groups in total. The number of rotatable bonds is 6. The van der Waals surface area contributed by atoms with Gasteiger partial charge in [-0.3, -0.25) is 4.79 Å². The summed E-state index contributed by atoms with van der Waals surface area (Å²) in [6.45, 7) is 0. The van der Waals surface area contributed by atoms with Gasteiger partial charge in [-0.2, -0.15) is 15.2 Å². The molecule has 4 aromatic carbocycles. The van der Waals surface area contributed by atoms with Crippen LogP contribution in [0.15, 0.2) is 115 Å². The van der Waals surface area contributed by atoms with Gasteiger partial charge in [0.1, 0.15) is 18.0 Å². The van der Waals surface area contributed by atoms with Gasteiger partial charge < -0.3 is 0 Å². The maximum atomic E-state index is 11.4. The molecule has 1 heterocycles. The number of aldehydes is 1. The smallest absolute Gasteiger partial charge is 0.190 e. The molecule has 162 valence electrons. The molecule has 34 heavy (non-hydrogen) atoms. The number of hydrogen-bond donors (Lipinski definition) is 0. The van der Waals surface area contributed by atoms with Crippen LogP contribution in [0.4, 0.5) is 0 Å². The zero-order valence-corrected chi connectivity index (χ0v) is 18.2. The van der Waals surface area contributed by atoms with E-state index in [0.29, 0.717) is 16.8 Å². The second kappa shape index (κ2) is 8.97. The quantitative estimate of drug-likeness (QED) is 0.259. The van der Waals surface area contributed by atoms with Crippen LogP contribution in [0.5, 0.6) is 0 Å². The molecule has 0 amide bonds. The van der Waals surface area contributed by atoms with Crippen LogP contribution >= 0.6 is 0 Å². The molecule has 5 heteroatoms. The maximum Gasteiger partial charge on any atom is 0.190 e. The zero-order chi connectivity index (χ0) is 23.4. The van der Waals surface area contributed by atoms with E-state index in [9.17, 15) is 10.1 Å². The summed E-state index contributed by atoms with van der Waals surface area (Å²) >= 11 is 0. The predicted octanol–water partition coefficient (Wildman–Crippen LogP) is 5.47. The van der Waals surface area contributed by atoms with Crippen LogP contribution in [0.25, 0.3) is 11.3 Å². The van der Waals surface area contributed by atoms with Crippen molar-refractivity contribution in [2.24, 2.45) is 0 Å². The lowest BCUT2D eigenvalue weighted by Gasteiger charge is -2.34. The molecule has 0 spiro atoms. The van der Waals surface area contributed by atoms with E-state index in [-0.39, 0.29) is 5.69 Å². The van der Waals surface area contributed by atoms with Crippen LogP contribution in [0, 0.1) is 11.3 Å². The molecule has 0 saturated heterocycles. The first kappa shape index (κ1) is 21.0. The van der Waals surface area contributed by atoms with Crippen LogP contribution in [-0.4, -0.2) is 21.3 Å². The minimum atomic E-state index is -0.921. The SMILES string of the molecule is N#Cc1nn(C(c2ccccc2)(c2ccccc2)c2ccccc2)nc1-c1cccc(C=O)c1. The Kier molecular flexibility index (Phi) is 5.55. The van der Waals surface area contributed by atoms with E-state index in [4.69, 9.17) is 10.2 Å². The summed E-state index contributed by atoms with van der Waals surface area (Å²) in [5.74, 6) is 0. The summed E-state index contributed by atoms with van der Waals surface area (Å²) in [6.07, 6.45) is 0.780. The number of hydrogen-bond acceptors (Lipinski definition) is 4. The molecule has 5 rings (SSSR count). The molecule has 0 atom stereocenters. The fourth-order valence-corrected chi connectivity index (χ4v) is 4.37. The molecule has 0 aliphatic carbocycles. The predicted molar refractivity (Wildman–Crippen MR) is 130 cm³/mol. The first-order valence-corrected chi connectivity index (χ1v) is 10.9. The monoisotopic (exact) mass is 440 g/mol. The summed E-state index contributed by atoms with van der Waals surface area (Å²) < 4.78 is 0. The number of benzene rings is 4. The molecular weight excluding hydrogens is 420 g/mol. The Morgan fingerprint density at radius 2 is 1.24 bits per heavy atom. The summed E-state index contributed by atoms with van der Waals surface area (Å²) in [5.41, 5.74) is 3.75. The van der Waals surface area contributed by atoms with Gasteiger partial charge in [0.25, 0.3) is 0 Å². The Bertz CT molecular complexity index is 1370. The van der Waals surface area contributed by atoms with E-state index < -0.39 is 5.54 Å². The molecule has 0 radical (unpaired) electrons. The molecule has 0 bridgehead atoms. The van der Waals surface area contributed by atoms with E-state index in [1.807, 2.05) is 97.1 Å². The topological polar surface area (TPSA) is 71.6 Å². The van der Waals surface area contributed by atoms with Crippen molar-refractivity contribution in [1.82, 2.24) is 15.0 Å². The third-order valence-electron chi connectivity index (χ3n) is 5.89. The standard InChI is InChI=1S/C29H20N4O/c30-20-27-28(23-12-10-11-22(19-23)21-34)32-33(31-27)29(24-13-4-1-5-14-24,25-15-6-2-7-16-25)26-17-8-3-9-18-26/h1-19,21H. The first-order chi connectivity index (χ1) is 16.8. The highest BCUT2D eigenvalue weighted by atomic mass is 16.1. The second-order valence-corrected chi connectivity index (χ2v) is 7.85. The Labute approximate surface area is 197 Å². The second-order valence-electron chi connectivity index (χ2n) is 7.85. The van der Waals surface area contributed by atoms with Crippen molar-refractivity contribution in [2.75, 3.05) is 0 Å². The van der Waals surface area contributed by atoms with Crippen LogP contribution < -0.4 is 0 Å². The average molecular weight is 441 g/mol. The molecular formula is C29H20N4O. The molecule has 5 nitrogen and oxygen atoms in total. The van der Waals surface area contributed by atoms with Gasteiger partial charge in [-0.05, 0) is 22.8 Å². The van der Waals surface area contributed by atoms with E-state index in [0.717, 1.165) is 23.0 Å². The van der Waals surface area contributed by atoms with Crippen molar-refractivity contribution in [3.05, 3.63) is 143 Å². The number of nitriles is 1. The van der Waals surface area contributed by atoms with Gasteiger partial charge in [0.05, 0.1) is 0 Å². The molecule has 0 unspecified atom stereocenters. The van der Waals surface area contributed by atoms with Crippen molar-refractivity contribution in [3.8, 4) is 17.3 Å². The largest absolute Gasteiger partial charge is 0.298 e. The summed E-state index contributed by atoms with van der Waals surface area (Å²) in [4.78, 5) is 13.0. The molecule has 0 aliphatic rings. The van der Waals surface area contributed by atoms with Gasteiger partial charge in [-0.15, -0.1) is 5.10 Å². The summed E-state index contributed by atoms with van der Waals surface area (Å²) in [7, 11) is 0. The fourth-order valence-electron chi connectivity index (χ4n) is 4.37. The van der Waals surface area contributed by atoms with E-state index in [1.54, 1.807) is 23.0 Å². The molecule has 1 aromatic heterocycles. The van der Waals surface area contributed by atoms with Gasteiger partial charge in [0.15, 0.2) is 11.2 Å². The van der Waals surface area contributed by atoms with Crippen LogP contribution in [-0.2, 0) is 5.54 Å². The third kappa shape index (κ3) is 3.48. The maximum absolute atomic E-state index is 11.4. The fraction of sp³-hybridized carbons (Fsp3) is 0.0345. The van der Waals surface area contributed by atoms with Gasteiger partial charge in [0, 0.05) is 11.1 Å². The Hall–Kier alpha value is -4.82. The van der Waals surface area contributed by atoms with Crippen LogP contribution in [0.2, 0.25) is 0 Å². The van der Waals surface area contributed by atoms with E-state index in [1.165, 1.54) is 0 Å². The third-order valence-corrected chi connectivity index (χ3v) is 5.89. The molecule has 0 fully saturated rings. The zero-order valence-electron chi connectivity index (χ0n) is 18.2. The van der Waals surface area contributed by atoms with E-state index >= 15 is 0 Å². The summed E-state index contributed by atoms with van der Waals surface area (Å²) in [5, 5.41) is 19.6. The Morgan fingerprint density at radius 3 is 1.71 bits per heavy atom. The van der Waals surface area contributed by atoms with Crippen LogP contribution in [0.1, 0.15) is 32.7 Å². The number of carbonyl (C=O) groups excluding carboxylic acids is 1. The van der Waals surface area contributed by atoms with Crippen molar-refractivity contribution in [3.63, 3.8) is 0 Å². The Balaban J connectivity index is 1.86. The van der Waals surface area contributed by atoms with E-state index in [2.05, 4.69) is 6.07 Å². The highest BCUT2D eigenvalue weighted by Gasteiger charge is 2.41. The van der Waals surface area contributed by atoms with Crippen molar-refractivity contribution in [1.29, 1.82) is 5.26 Å². The highest BCUT2D eigenvalue weighted by molar-refractivity contribution is 5.79. The lowest BCUT2D eigenvalue weighted by atomic mass is 9.77. The summed E-state index contributed by atoms with van der Waals surface area (Å²) in [6, 6.07) is 39.3. The lowest BCUT2D eigenvalue weighted by molar-refractivity contribution is 0.112. The number of nitrogens with zero attached hydrogens (tertiary/aromatic N) is 4. The van der Waals surface area contributed by atoms with Crippen molar-refractivity contribution < 1.29 is 4.79 Å². The minimum Gasteiger partial charge on any atom is -0.298 e. The van der Waals surface area contributed by atoms with Gasteiger partial charge >= 0.3 is 0 Å². The van der Waals surface area contributed by atoms with Crippen molar-refractivity contribution in [2.45, 2.75) is 5.54 Å². The minimum absolute atomic E-state index is 0.190. The molecule has 0 saturated carbocycles. The van der Waals surface area contributed by atoms with Crippen molar-refractivity contribution >= 4 is 6.29 Å². The molecule has 0 aliphatic heterocycles. The lowest BCUT2D eigenvalue weighted by Crippen LogP contribution is -2.39. The first-order valence-electron chi connectivity index (χ1n) is 10.9. The van der Waals surface area contributed by atoms with Gasteiger partial charge in [0.2, 0.25) is 0 Å². The molecule has 5 aromatic rings. The number of carbonyl (C=O) groups is 1. The Morgan fingerprint density at radius 1 is 0.706 bits per heavy atom. The van der Waals surface area contributed by atoms with Gasteiger partial charge in [-0.1, -0.05) is 109 Å². The normalized spacial score (nSPS) is 11.0. The van der Waals surface area contributed by atoms with Gasteiger partial charge in [-0.25, -0.2) is 0 Å².